The summed E-state index contributed by atoms with van der Waals surface area (Å²) in [7, 11) is 0. The first-order chi connectivity index (χ1) is 13.9. The number of fused-ring (bicyclic) bond motifs is 4. The van der Waals surface area contributed by atoms with E-state index >= 15 is 0 Å². The van der Waals surface area contributed by atoms with Crippen LogP contribution in [-0.2, 0) is 24.8 Å². The highest BCUT2D eigenvalue weighted by molar-refractivity contribution is 5.92. The molecule has 5 rings (SSSR count). The molecular formula is C24H26N4O. The minimum Gasteiger partial charge on any atom is -0.334 e. The summed E-state index contributed by atoms with van der Waals surface area (Å²) in [6, 6.07) is 18.8. The fourth-order valence-electron chi connectivity index (χ4n) is 4.30. The number of hydrogen-bond donors (Lipinski definition) is 1. The molecule has 1 aliphatic heterocycles. The van der Waals surface area contributed by atoms with E-state index in [1.165, 1.54) is 11.1 Å². The Morgan fingerprint density at radius 1 is 1.00 bits per heavy atom. The van der Waals surface area contributed by atoms with Crippen LogP contribution in [0, 0.1) is 0 Å². The van der Waals surface area contributed by atoms with Crippen LogP contribution >= 0.6 is 0 Å². The number of aromatic nitrogens is 2. The van der Waals surface area contributed by atoms with Crippen molar-refractivity contribution < 1.29 is 4.79 Å². The normalized spacial score (nSPS) is 15.6. The summed E-state index contributed by atoms with van der Waals surface area (Å²) in [4.78, 5) is 15.1. The van der Waals surface area contributed by atoms with Crippen LogP contribution in [0.3, 0.4) is 0 Å². The van der Waals surface area contributed by atoms with Gasteiger partial charge in [-0.3, -0.25) is 4.90 Å². The van der Waals surface area contributed by atoms with E-state index in [-0.39, 0.29) is 17.5 Å². The standard InChI is InChI=1S/C24H26N4O/c1-24(2,3)21-14-22-27(15-18-10-6-7-11-20(18)28(22)26-21)23(29)25-19-12-16-8-4-5-9-17(16)13-19/h4-11,14,19H,12-13,15H2,1-3H3,(H,25,29). The zero-order valence-corrected chi connectivity index (χ0v) is 17.1. The molecule has 0 spiro atoms. The molecule has 1 N–H and O–H groups in total. The van der Waals surface area contributed by atoms with E-state index in [1.807, 2.05) is 21.7 Å². The summed E-state index contributed by atoms with van der Waals surface area (Å²) < 4.78 is 1.92. The molecule has 0 fully saturated rings. The molecule has 0 saturated heterocycles. The zero-order chi connectivity index (χ0) is 20.2. The Morgan fingerprint density at radius 3 is 2.28 bits per heavy atom. The van der Waals surface area contributed by atoms with E-state index in [2.05, 4.69) is 68.6 Å². The van der Waals surface area contributed by atoms with Crippen molar-refractivity contribution in [3.63, 3.8) is 0 Å². The molecular weight excluding hydrogens is 360 g/mol. The molecule has 2 aliphatic rings. The summed E-state index contributed by atoms with van der Waals surface area (Å²) in [5.41, 5.74) is 5.72. The van der Waals surface area contributed by atoms with Crippen molar-refractivity contribution in [2.45, 2.75) is 51.6 Å². The molecule has 1 aliphatic carbocycles. The van der Waals surface area contributed by atoms with Crippen molar-refractivity contribution in [3.05, 3.63) is 77.0 Å². The van der Waals surface area contributed by atoms with Crippen LogP contribution in [0.4, 0.5) is 10.6 Å². The first-order valence-electron chi connectivity index (χ1n) is 10.2. The summed E-state index contributed by atoms with van der Waals surface area (Å²) in [6.07, 6.45) is 1.78. The number of benzene rings is 2. The van der Waals surface area contributed by atoms with E-state index in [9.17, 15) is 4.79 Å². The highest BCUT2D eigenvalue weighted by Crippen LogP contribution is 2.34. The summed E-state index contributed by atoms with van der Waals surface area (Å²) >= 11 is 0. The van der Waals surface area contributed by atoms with Crippen LogP contribution in [0.1, 0.15) is 43.2 Å². The number of carbonyl (C=O) groups excluding carboxylic acids is 1. The number of hydrogen-bond acceptors (Lipinski definition) is 2. The molecule has 0 radical (unpaired) electrons. The second-order valence-corrected chi connectivity index (χ2v) is 9.09. The molecule has 1 aromatic heterocycles. The Morgan fingerprint density at radius 2 is 1.62 bits per heavy atom. The Balaban J connectivity index is 1.45. The maximum atomic E-state index is 13.3. The van der Waals surface area contributed by atoms with Gasteiger partial charge >= 0.3 is 6.03 Å². The van der Waals surface area contributed by atoms with Crippen LogP contribution in [0.2, 0.25) is 0 Å². The van der Waals surface area contributed by atoms with Gasteiger partial charge in [-0.15, -0.1) is 0 Å². The molecule has 0 saturated carbocycles. The molecule has 3 aromatic rings. The van der Waals surface area contributed by atoms with Gasteiger partial charge in [0.15, 0.2) is 0 Å². The molecule has 29 heavy (non-hydrogen) atoms. The second kappa shape index (κ2) is 6.48. The summed E-state index contributed by atoms with van der Waals surface area (Å²) in [5.74, 6) is 0.835. The highest BCUT2D eigenvalue weighted by atomic mass is 16.2. The van der Waals surface area contributed by atoms with Gasteiger partial charge in [0.2, 0.25) is 0 Å². The van der Waals surface area contributed by atoms with Gasteiger partial charge in [-0.05, 0) is 35.6 Å². The Bertz CT molecular complexity index is 1070. The largest absolute Gasteiger partial charge is 0.334 e. The number of anilines is 1. The average molecular weight is 386 g/mol. The van der Waals surface area contributed by atoms with Crippen LogP contribution in [0.25, 0.3) is 5.69 Å². The molecule has 148 valence electrons. The Labute approximate surface area is 171 Å². The van der Waals surface area contributed by atoms with Gasteiger partial charge in [-0.1, -0.05) is 63.2 Å². The van der Waals surface area contributed by atoms with Gasteiger partial charge in [0.25, 0.3) is 0 Å². The lowest BCUT2D eigenvalue weighted by Crippen LogP contribution is -2.47. The lowest BCUT2D eigenvalue weighted by Gasteiger charge is -2.30. The van der Waals surface area contributed by atoms with Crippen LogP contribution in [0.5, 0.6) is 0 Å². The van der Waals surface area contributed by atoms with Crippen molar-refractivity contribution in [1.29, 1.82) is 0 Å². The quantitative estimate of drug-likeness (QED) is 0.675. The first-order valence-corrected chi connectivity index (χ1v) is 10.2. The number of carbonyl (C=O) groups is 1. The third-order valence-corrected chi connectivity index (χ3v) is 5.91. The van der Waals surface area contributed by atoms with Crippen molar-refractivity contribution >= 4 is 11.8 Å². The van der Waals surface area contributed by atoms with Crippen LogP contribution in [0.15, 0.2) is 54.6 Å². The predicted molar refractivity (Wildman–Crippen MR) is 115 cm³/mol. The van der Waals surface area contributed by atoms with Crippen molar-refractivity contribution in [2.24, 2.45) is 0 Å². The van der Waals surface area contributed by atoms with E-state index in [0.29, 0.717) is 6.54 Å². The molecule has 5 heteroatoms. The number of rotatable bonds is 1. The average Bonchev–Trinajstić information content (AvgIpc) is 3.31. The summed E-state index contributed by atoms with van der Waals surface area (Å²) in [5, 5.41) is 8.12. The maximum absolute atomic E-state index is 13.3. The molecule has 0 unspecified atom stereocenters. The van der Waals surface area contributed by atoms with Crippen LogP contribution in [-0.4, -0.2) is 21.9 Å². The van der Waals surface area contributed by atoms with E-state index in [1.54, 1.807) is 0 Å². The van der Waals surface area contributed by atoms with E-state index < -0.39 is 0 Å². The molecule has 2 amide bonds. The number of nitrogens with one attached hydrogen (secondary N) is 1. The van der Waals surface area contributed by atoms with Gasteiger partial charge in [0.05, 0.1) is 17.9 Å². The lowest BCUT2D eigenvalue weighted by molar-refractivity contribution is 0.242. The SMILES string of the molecule is CC(C)(C)c1cc2n(n1)-c1ccccc1CN2C(=O)NC1Cc2ccccc2C1. The Hall–Kier alpha value is -3.08. The molecule has 2 heterocycles. The Kier molecular flexibility index (Phi) is 4.02. The lowest BCUT2D eigenvalue weighted by atomic mass is 9.92. The van der Waals surface area contributed by atoms with Gasteiger partial charge in [0, 0.05) is 17.5 Å². The zero-order valence-electron chi connectivity index (χ0n) is 17.1. The van der Waals surface area contributed by atoms with Gasteiger partial charge in [-0.2, -0.15) is 5.10 Å². The number of amides is 2. The van der Waals surface area contributed by atoms with Gasteiger partial charge < -0.3 is 5.32 Å². The van der Waals surface area contributed by atoms with Crippen molar-refractivity contribution in [2.75, 3.05) is 4.90 Å². The third kappa shape index (κ3) is 3.11. The fourth-order valence-corrected chi connectivity index (χ4v) is 4.30. The van der Waals surface area contributed by atoms with E-state index in [0.717, 1.165) is 35.6 Å². The smallest absolute Gasteiger partial charge is 0.323 e. The van der Waals surface area contributed by atoms with Crippen molar-refractivity contribution in [3.8, 4) is 5.69 Å². The third-order valence-electron chi connectivity index (χ3n) is 5.91. The topological polar surface area (TPSA) is 50.2 Å². The maximum Gasteiger partial charge on any atom is 0.323 e. The number of urea groups is 1. The molecule has 0 atom stereocenters. The summed E-state index contributed by atoms with van der Waals surface area (Å²) in [6.45, 7) is 6.99. The predicted octanol–water partition coefficient (Wildman–Crippen LogP) is 4.37. The number of para-hydroxylation sites is 1. The monoisotopic (exact) mass is 386 g/mol. The van der Waals surface area contributed by atoms with E-state index in [4.69, 9.17) is 5.10 Å². The van der Waals surface area contributed by atoms with Crippen molar-refractivity contribution in [1.82, 2.24) is 15.1 Å². The minimum atomic E-state index is -0.0888. The van der Waals surface area contributed by atoms with Crippen LogP contribution < -0.4 is 10.2 Å². The van der Waals surface area contributed by atoms with Gasteiger partial charge in [-0.25, -0.2) is 9.48 Å². The first kappa shape index (κ1) is 18.0. The number of nitrogens with zero attached hydrogens (tertiary/aromatic N) is 3. The minimum absolute atomic E-state index is 0.0566. The molecule has 0 bridgehead atoms. The fraction of sp³-hybridized carbons (Fsp3) is 0.333. The van der Waals surface area contributed by atoms with Gasteiger partial charge in [0.1, 0.15) is 5.82 Å². The highest BCUT2D eigenvalue weighted by Gasteiger charge is 2.32. The molecule has 2 aromatic carbocycles. The molecule has 5 nitrogen and oxygen atoms in total. The second-order valence-electron chi connectivity index (χ2n) is 9.09.